The number of rotatable bonds is 3. The molecule has 1 saturated heterocycles. The molecule has 1 aliphatic rings. The predicted octanol–water partition coefficient (Wildman–Crippen LogP) is 3.65. The van der Waals surface area contributed by atoms with Gasteiger partial charge < -0.3 is 4.74 Å². The van der Waals surface area contributed by atoms with Crippen molar-refractivity contribution in [3.8, 4) is 16.9 Å². The summed E-state index contributed by atoms with van der Waals surface area (Å²) < 4.78 is 24.2. The molecule has 1 N–H and O–H groups in total. The molecule has 0 bridgehead atoms. The Morgan fingerprint density at radius 3 is 3.03 bits per heavy atom. The molecule has 1 unspecified atom stereocenters. The summed E-state index contributed by atoms with van der Waals surface area (Å²) in [5.41, 5.74) is 4.06. The van der Waals surface area contributed by atoms with Crippen LogP contribution in [-0.2, 0) is 4.74 Å². The number of fused-ring (bicyclic) bond motifs is 2. The van der Waals surface area contributed by atoms with Gasteiger partial charge in [-0.3, -0.25) is 9.78 Å². The fourth-order valence-electron chi connectivity index (χ4n) is 4.13. The summed E-state index contributed by atoms with van der Waals surface area (Å²) in [4.78, 5) is 0. The van der Waals surface area contributed by atoms with Crippen LogP contribution in [0.4, 0.5) is 4.39 Å². The van der Waals surface area contributed by atoms with Crippen molar-refractivity contribution < 1.29 is 9.13 Å². The van der Waals surface area contributed by atoms with Gasteiger partial charge in [0, 0.05) is 23.8 Å². The van der Waals surface area contributed by atoms with Gasteiger partial charge >= 0.3 is 0 Å². The third-order valence-corrected chi connectivity index (χ3v) is 5.62. The second-order valence-corrected chi connectivity index (χ2v) is 7.50. The summed E-state index contributed by atoms with van der Waals surface area (Å²) in [6.45, 7) is 1.39. The second kappa shape index (κ2) is 6.74. The molecular formula is C21H18FN7O. The molecule has 3 aromatic heterocycles. The Morgan fingerprint density at radius 2 is 2.13 bits per heavy atom. The molecule has 6 rings (SSSR count). The van der Waals surface area contributed by atoms with Gasteiger partial charge in [-0.25, -0.2) is 9.07 Å². The van der Waals surface area contributed by atoms with Gasteiger partial charge in [0.05, 0.1) is 41.3 Å². The summed E-state index contributed by atoms with van der Waals surface area (Å²) in [6.07, 6.45) is 5.48. The number of benzene rings is 2. The van der Waals surface area contributed by atoms with Gasteiger partial charge in [-0.2, -0.15) is 10.2 Å². The van der Waals surface area contributed by atoms with Crippen LogP contribution in [0.1, 0.15) is 18.9 Å². The van der Waals surface area contributed by atoms with E-state index in [0.29, 0.717) is 12.1 Å². The predicted molar refractivity (Wildman–Crippen MR) is 109 cm³/mol. The third kappa shape index (κ3) is 2.70. The van der Waals surface area contributed by atoms with Crippen molar-refractivity contribution in [2.45, 2.75) is 18.9 Å². The Balaban J connectivity index is 1.49. The molecule has 0 aliphatic carbocycles. The molecule has 4 heterocycles. The molecule has 0 spiro atoms. The molecule has 150 valence electrons. The van der Waals surface area contributed by atoms with Crippen molar-refractivity contribution in [1.29, 1.82) is 0 Å². The quantitative estimate of drug-likeness (QED) is 0.497. The minimum absolute atomic E-state index is 0.147. The van der Waals surface area contributed by atoms with Crippen LogP contribution in [0.5, 0.6) is 0 Å². The van der Waals surface area contributed by atoms with E-state index in [1.165, 1.54) is 6.07 Å². The number of aromatic nitrogens is 7. The van der Waals surface area contributed by atoms with E-state index in [0.717, 1.165) is 47.3 Å². The summed E-state index contributed by atoms with van der Waals surface area (Å²) in [7, 11) is 0. The highest BCUT2D eigenvalue weighted by Gasteiger charge is 2.21. The highest BCUT2D eigenvalue weighted by Crippen LogP contribution is 2.31. The average molecular weight is 403 g/mol. The summed E-state index contributed by atoms with van der Waals surface area (Å²) >= 11 is 0. The highest BCUT2D eigenvalue weighted by atomic mass is 19.1. The zero-order valence-electron chi connectivity index (χ0n) is 16.0. The van der Waals surface area contributed by atoms with Crippen LogP contribution in [0.25, 0.3) is 38.9 Å². The fraction of sp³-hybridized carbons (Fsp3) is 0.238. The molecule has 5 aromatic rings. The van der Waals surface area contributed by atoms with Crippen LogP contribution in [0.3, 0.4) is 0 Å². The normalized spacial score (nSPS) is 17.2. The SMILES string of the molecule is Fc1cc(-c2ccnn2C2CCCOC2)cc2c1nnn2-c1ccc2cn[nH]c2c1. The van der Waals surface area contributed by atoms with Gasteiger partial charge in [0.2, 0.25) is 0 Å². The lowest BCUT2D eigenvalue weighted by molar-refractivity contribution is 0.0555. The van der Waals surface area contributed by atoms with Gasteiger partial charge in [-0.05, 0) is 49.2 Å². The van der Waals surface area contributed by atoms with Crippen molar-refractivity contribution >= 4 is 21.9 Å². The minimum atomic E-state index is -0.413. The largest absolute Gasteiger partial charge is 0.379 e. The molecule has 30 heavy (non-hydrogen) atoms. The smallest absolute Gasteiger partial charge is 0.153 e. The van der Waals surface area contributed by atoms with E-state index in [1.807, 2.05) is 35.0 Å². The van der Waals surface area contributed by atoms with E-state index in [1.54, 1.807) is 17.1 Å². The molecule has 1 fully saturated rings. The topological polar surface area (TPSA) is 86.4 Å². The van der Waals surface area contributed by atoms with Crippen molar-refractivity contribution in [3.05, 3.63) is 54.6 Å². The first-order valence-electron chi connectivity index (χ1n) is 9.88. The number of hydrogen-bond acceptors (Lipinski definition) is 5. The van der Waals surface area contributed by atoms with Crippen LogP contribution >= 0.6 is 0 Å². The molecule has 9 heteroatoms. The van der Waals surface area contributed by atoms with Crippen LogP contribution < -0.4 is 0 Å². The monoisotopic (exact) mass is 403 g/mol. The first kappa shape index (κ1) is 17.3. The van der Waals surface area contributed by atoms with E-state index in [-0.39, 0.29) is 11.6 Å². The lowest BCUT2D eigenvalue weighted by atomic mass is 10.1. The molecule has 2 aromatic carbocycles. The van der Waals surface area contributed by atoms with E-state index in [9.17, 15) is 4.39 Å². The van der Waals surface area contributed by atoms with Gasteiger partial charge in [-0.15, -0.1) is 5.10 Å². The molecule has 1 aliphatic heterocycles. The summed E-state index contributed by atoms with van der Waals surface area (Å²) in [5, 5.41) is 20.8. The van der Waals surface area contributed by atoms with Crippen molar-refractivity contribution in [1.82, 2.24) is 35.0 Å². The maximum atomic E-state index is 15.0. The van der Waals surface area contributed by atoms with Crippen LogP contribution in [0, 0.1) is 5.82 Å². The van der Waals surface area contributed by atoms with E-state index in [4.69, 9.17) is 4.74 Å². The first-order chi connectivity index (χ1) is 14.8. The molecule has 1 atom stereocenters. The number of nitrogens with zero attached hydrogens (tertiary/aromatic N) is 6. The Morgan fingerprint density at radius 1 is 1.17 bits per heavy atom. The number of ether oxygens (including phenoxy) is 1. The Kier molecular flexibility index (Phi) is 3.88. The van der Waals surface area contributed by atoms with E-state index >= 15 is 0 Å². The lowest BCUT2D eigenvalue weighted by Gasteiger charge is -2.24. The maximum Gasteiger partial charge on any atom is 0.153 e. The Labute approximate surface area is 170 Å². The summed E-state index contributed by atoms with van der Waals surface area (Å²) in [5.74, 6) is -0.413. The number of H-pyrrole nitrogens is 1. The van der Waals surface area contributed by atoms with Crippen LogP contribution in [-0.4, -0.2) is 48.2 Å². The van der Waals surface area contributed by atoms with Crippen molar-refractivity contribution in [2.75, 3.05) is 13.2 Å². The molecule has 0 amide bonds. The number of halogens is 1. The van der Waals surface area contributed by atoms with Crippen molar-refractivity contribution in [2.24, 2.45) is 0 Å². The van der Waals surface area contributed by atoms with Gasteiger partial charge in [0.25, 0.3) is 0 Å². The van der Waals surface area contributed by atoms with Crippen LogP contribution in [0.2, 0.25) is 0 Å². The number of hydrogen-bond donors (Lipinski definition) is 1. The minimum Gasteiger partial charge on any atom is -0.379 e. The van der Waals surface area contributed by atoms with E-state index < -0.39 is 5.82 Å². The average Bonchev–Trinajstić information content (AvgIpc) is 3.52. The first-order valence-corrected chi connectivity index (χ1v) is 9.88. The number of aromatic amines is 1. The van der Waals surface area contributed by atoms with Gasteiger partial charge in [0.15, 0.2) is 5.82 Å². The lowest BCUT2D eigenvalue weighted by Crippen LogP contribution is -2.22. The van der Waals surface area contributed by atoms with Crippen molar-refractivity contribution in [3.63, 3.8) is 0 Å². The number of nitrogens with one attached hydrogen (secondary N) is 1. The zero-order chi connectivity index (χ0) is 20.1. The summed E-state index contributed by atoms with van der Waals surface area (Å²) in [6, 6.07) is 11.2. The van der Waals surface area contributed by atoms with Gasteiger partial charge in [-0.1, -0.05) is 5.21 Å². The fourth-order valence-corrected chi connectivity index (χ4v) is 4.13. The molecule has 8 nitrogen and oxygen atoms in total. The molecule has 0 radical (unpaired) electrons. The standard InChI is InChI=1S/C21H18FN7O/c22-17-8-14(19-5-6-24-28(19)16-2-1-7-30-12-16)9-20-21(17)26-27-29(20)15-4-3-13-11-23-25-18(13)10-15/h3-6,8-11,16H,1-2,7,12H2,(H,23,25). The van der Waals surface area contributed by atoms with Crippen LogP contribution in [0.15, 0.2) is 48.8 Å². The Hall–Kier alpha value is -3.59. The molecular weight excluding hydrogens is 385 g/mol. The second-order valence-electron chi connectivity index (χ2n) is 7.50. The zero-order valence-corrected chi connectivity index (χ0v) is 16.0. The van der Waals surface area contributed by atoms with E-state index in [2.05, 4.69) is 25.6 Å². The highest BCUT2D eigenvalue weighted by molar-refractivity contribution is 5.85. The third-order valence-electron chi connectivity index (χ3n) is 5.62. The van der Waals surface area contributed by atoms with Gasteiger partial charge in [0.1, 0.15) is 5.52 Å². The molecule has 0 saturated carbocycles. The maximum absolute atomic E-state index is 15.0. The Bertz CT molecular complexity index is 1360.